The van der Waals surface area contributed by atoms with Gasteiger partial charge in [0.05, 0.1) is 11.1 Å². The number of hydrogen-bond donors (Lipinski definition) is 2. The fourth-order valence-corrected chi connectivity index (χ4v) is 4.64. The Kier molecular flexibility index (Phi) is 6.43. The summed E-state index contributed by atoms with van der Waals surface area (Å²) in [7, 11) is 0. The van der Waals surface area contributed by atoms with E-state index in [2.05, 4.69) is 15.4 Å². The van der Waals surface area contributed by atoms with Crippen LogP contribution in [0.4, 0.5) is 10.7 Å². The van der Waals surface area contributed by atoms with Gasteiger partial charge in [0.25, 0.3) is 0 Å². The summed E-state index contributed by atoms with van der Waals surface area (Å²) in [4.78, 5) is 28.5. The smallest absolute Gasteiger partial charge is 0.414 e. The van der Waals surface area contributed by atoms with Gasteiger partial charge >= 0.3 is 12.1 Å². The first-order chi connectivity index (χ1) is 17.8. The van der Waals surface area contributed by atoms with Gasteiger partial charge in [0, 0.05) is 10.6 Å². The van der Waals surface area contributed by atoms with E-state index in [0.717, 1.165) is 16.7 Å². The normalized spacial score (nSPS) is 14.6. The van der Waals surface area contributed by atoms with Crippen LogP contribution in [0.1, 0.15) is 42.8 Å². The molecule has 9 heteroatoms. The molecule has 1 atom stereocenters. The second-order valence-electron chi connectivity index (χ2n) is 9.10. The number of carboxylic acid groups (broad SMARTS) is 1. The molecule has 0 saturated heterocycles. The molecule has 3 aromatic carbocycles. The van der Waals surface area contributed by atoms with Crippen LogP contribution in [0.5, 0.6) is 0 Å². The van der Waals surface area contributed by atoms with Crippen molar-refractivity contribution in [1.82, 2.24) is 14.8 Å². The first-order valence-corrected chi connectivity index (χ1v) is 12.2. The summed E-state index contributed by atoms with van der Waals surface area (Å²) in [6.07, 6.45) is 0.127. The summed E-state index contributed by atoms with van der Waals surface area (Å²) in [6.45, 7) is 3.48. The van der Waals surface area contributed by atoms with E-state index in [1.54, 1.807) is 26.0 Å². The number of carbonyl (C=O) groups is 2. The maximum atomic E-state index is 12.6. The highest BCUT2D eigenvalue weighted by Gasteiger charge is 2.51. The Hall–Kier alpha value is -4.17. The summed E-state index contributed by atoms with van der Waals surface area (Å²) < 4.78 is 7.03. The highest BCUT2D eigenvalue weighted by atomic mass is 35.5. The fourth-order valence-electron chi connectivity index (χ4n) is 4.35. The van der Waals surface area contributed by atoms with Gasteiger partial charge in [-0.05, 0) is 61.6 Å². The predicted molar refractivity (Wildman–Crippen MR) is 140 cm³/mol. The second kappa shape index (κ2) is 9.71. The first kappa shape index (κ1) is 24.5. The van der Waals surface area contributed by atoms with Crippen molar-refractivity contribution in [3.63, 3.8) is 0 Å². The second-order valence-corrected chi connectivity index (χ2v) is 9.51. The summed E-state index contributed by atoms with van der Waals surface area (Å²) in [5.74, 6) is -0.0461. The molecule has 1 fully saturated rings. The van der Waals surface area contributed by atoms with Gasteiger partial charge in [-0.3, -0.25) is 10.1 Å². The van der Waals surface area contributed by atoms with Crippen LogP contribution in [0.15, 0.2) is 72.8 Å². The zero-order valence-corrected chi connectivity index (χ0v) is 21.1. The van der Waals surface area contributed by atoms with Crippen molar-refractivity contribution in [3.8, 4) is 16.8 Å². The van der Waals surface area contributed by atoms with Crippen LogP contribution >= 0.6 is 11.6 Å². The Morgan fingerprint density at radius 1 is 1.03 bits per heavy atom. The number of aryl methyl sites for hydroxylation is 1. The van der Waals surface area contributed by atoms with Gasteiger partial charge in [-0.1, -0.05) is 66.2 Å². The van der Waals surface area contributed by atoms with Crippen molar-refractivity contribution in [1.29, 1.82) is 0 Å². The van der Waals surface area contributed by atoms with E-state index >= 15 is 0 Å². The topological polar surface area (TPSA) is 106 Å². The molecular weight excluding hydrogens is 492 g/mol. The van der Waals surface area contributed by atoms with Crippen molar-refractivity contribution in [2.45, 2.75) is 38.2 Å². The van der Waals surface area contributed by atoms with E-state index in [4.69, 9.17) is 16.3 Å². The van der Waals surface area contributed by atoms with Crippen LogP contribution in [0.2, 0.25) is 5.02 Å². The Labute approximate surface area is 218 Å². The molecule has 0 spiro atoms. The zero-order valence-electron chi connectivity index (χ0n) is 20.3. The van der Waals surface area contributed by atoms with E-state index in [1.807, 2.05) is 60.7 Å². The number of anilines is 1. The minimum Gasteiger partial charge on any atom is -0.481 e. The number of ether oxygens (including phenoxy) is 1. The molecule has 0 radical (unpaired) electrons. The molecule has 1 aliphatic carbocycles. The molecule has 1 amide bonds. The SMILES string of the molecule is Cc1nc(NC(=O)OC(C)c2ccccc2Cl)n(-c2ccc(-c3ccc(C4(C(=O)O)CC4)cc3)cc2)n1. The van der Waals surface area contributed by atoms with Gasteiger partial charge in [0.1, 0.15) is 11.9 Å². The number of carboxylic acids is 1. The quantitative estimate of drug-likeness (QED) is 0.297. The zero-order chi connectivity index (χ0) is 26.2. The average Bonchev–Trinajstić information content (AvgIpc) is 3.62. The number of amides is 1. The number of aliphatic carboxylic acids is 1. The number of hydrogen-bond acceptors (Lipinski definition) is 5. The lowest BCUT2D eigenvalue weighted by Gasteiger charge is -2.15. The molecule has 2 N–H and O–H groups in total. The maximum Gasteiger partial charge on any atom is 0.414 e. The molecule has 5 rings (SSSR count). The molecule has 1 aliphatic rings. The summed E-state index contributed by atoms with van der Waals surface area (Å²) >= 11 is 6.21. The molecule has 0 bridgehead atoms. The highest BCUT2D eigenvalue weighted by molar-refractivity contribution is 6.31. The van der Waals surface area contributed by atoms with Gasteiger partial charge in [-0.25, -0.2) is 4.79 Å². The third-order valence-corrected chi connectivity index (χ3v) is 6.94. The van der Waals surface area contributed by atoms with Gasteiger partial charge < -0.3 is 9.84 Å². The lowest BCUT2D eigenvalue weighted by Crippen LogP contribution is -2.19. The van der Waals surface area contributed by atoms with Crippen molar-refractivity contribution in [2.75, 3.05) is 5.32 Å². The van der Waals surface area contributed by atoms with Crippen LogP contribution in [0.3, 0.4) is 0 Å². The fraction of sp³-hybridized carbons (Fsp3) is 0.214. The van der Waals surface area contributed by atoms with Gasteiger partial charge in [0.15, 0.2) is 0 Å². The third-order valence-electron chi connectivity index (χ3n) is 6.60. The summed E-state index contributed by atoms with van der Waals surface area (Å²) in [6, 6.07) is 22.5. The Morgan fingerprint density at radius 3 is 2.24 bits per heavy atom. The molecule has 0 aliphatic heterocycles. The van der Waals surface area contributed by atoms with Crippen molar-refractivity contribution in [3.05, 3.63) is 94.8 Å². The Morgan fingerprint density at radius 2 is 1.65 bits per heavy atom. The number of aromatic nitrogens is 3. The number of benzene rings is 3. The third kappa shape index (κ3) is 4.93. The molecule has 1 heterocycles. The molecule has 37 heavy (non-hydrogen) atoms. The summed E-state index contributed by atoms with van der Waals surface area (Å²) in [5, 5.41) is 17.1. The first-order valence-electron chi connectivity index (χ1n) is 11.9. The maximum absolute atomic E-state index is 12.6. The number of nitrogens with one attached hydrogen (secondary N) is 1. The Bertz CT molecular complexity index is 1460. The van der Waals surface area contributed by atoms with E-state index in [9.17, 15) is 14.7 Å². The van der Waals surface area contributed by atoms with Gasteiger partial charge in [-0.15, -0.1) is 5.10 Å². The summed E-state index contributed by atoms with van der Waals surface area (Å²) in [5.41, 5.74) is 3.47. The van der Waals surface area contributed by atoms with Gasteiger partial charge in [-0.2, -0.15) is 9.67 Å². The minimum absolute atomic E-state index is 0.231. The predicted octanol–water partition coefficient (Wildman–Crippen LogP) is 6.32. The molecule has 1 saturated carbocycles. The van der Waals surface area contributed by atoms with Crippen molar-refractivity contribution >= 4 is 29.6 Å². The van der Waals surface area contributed by atoms with Crippen LogP contribution in [-0.2, 0) is 14.9 Å². The molecule has 1 aromatic heterocycles. The van der Waals surface area contributed by atoms with Crippen LogP contribution in [0, 0.1) is 6.92 Å². The number of halogens is 1. The van der Waals surface area contributed by atoms with E-state index in [1.165, 1.54) is 4.68 Å². The van der Waals surface area contributed by atoms with Crippen molar-refractivity contribution < 1.29 is 19.4 Å². The van der Waals surface area contributed by atoms with E-state index in [-0.39, 0.29) is 5.95 Å². The molecule has 8 nitrogen and oxygen atoms in total. The standard InChI is InChI=1S/C28H25ClN4O4/c1-17(23-5-3-4-6-24(23)29)37-27(36)31-26-30-18(2)32-33(26)22-13-9-20(10-14-22)19-7-11-21(12-8-19)28(15-16-28)25(34)35/h3-14,17H,15-16H2,1-2H3,(H,34,35)(H,30,31,32,36). The van der Waals surface area contributed by atoms with Crippen LogP contribution in [-0.4, -0.2) is 31.9 Å². The number of nitrogens with zero attached hydrogens (tertiary/aromatic N) is 3. The lowest BCUT2D eigenvalue weighted by atomic mass is 9.94. The monoisotopic (exact) mass is 516 g/mol. The molecule has 1 unspecified atom stereocenters. The van der Waals surface area contributed by atoms with E-state index in [0.29, 0.717) is 34.9 Å². The average molecular weight is 517 g/mol. The van der Waals surface area contributed by atoms with Gasteiger partial charge in [0.2, 0.25) is 5.95 Å². The Balaban J connectivity index is 1.30. The lowest BCUT2D eigenvalue weighted by molar-refractivity contribution is -0.140. The van der Waals surface area contributed by atoms with Crippen molar-refractivity contribution in [2.24, 2.45) is 0 Å². The van der Waals surface area contributed by atoms with Crippen LogP contribution < -0.4 is 5.32 Å². The number of rotatable bonds is 7. The minimum atomic E-state index is -0.764. The molecule has 188 valence electrons. The van der Waals surface area contributed by atoms with Crippen LogP contribution in [0.25, 0.3) is 16.8 Å². The largest absolute Gasteiger partial charge is 0.481 e. The molecule has 4 aromatic rings. The highest BCUT2D eigenvalue weighted by Crippen LogP contribution is 2.48. The van der Waals surface area contributed by atoms with E-state index < -0.39 is 23.6 Å². The number of carbonyl (C=O) groups excluding carboxylic acids is 1. The molecular formula is C28H25ClN4O4.